The van der Waals surface area contributed by atoms with Gasteiger partial charge in [-0.2, -0.15) is 5.10 Å². The number of likely N-dealkylation sites (tertiary alicyclic amines) is 1. The second-order valence-corrected chi connectivity index (χ2v) is 6.89. The lowest BCUT2D eigenvalue weighted by Crippen LogP contribution is -2.34. The molecule has 1 saturated heterocycles. The van der Waals surface area contributed by atoms with Gasteiger partial charge in [-0.3, -0.25) is 19.6 Å². The number of nitrogens with one attached hydrogen (secondary N) is 1. The molecule has 3 atom stereocenters. The highest BCUT2D eigenvalue weighted by molar-refractivity contribution is 6.05. The van der Waals surface area contributed by atoms with Gasteiger partial charge in [-0.05, 0) is 44.0 Å². The van der Waals surface area contributed by atoms with Gasteiger partial charge in [0.2, 0.25) is 11.8 Å². The van der Waals surface area contributed by atoms with Crippen LogP contribution >= 0.6 is 0 Å². The van der Waals surface area contributed by atoms with Crippen molar-refractivity contribution in [3.63, 3.8) is 0 Å². The number of hydrogen-bond acceptors (Lipinski definition) is 5. The molecule has 2 fully saturated rings. The van der Waals surface area contributed by atoms with E-state index in [-0.39, 0.29) is 23.7 Å². The zero-order valence-electron chi connectivity index (χ0n) is 14.1. The number of benzene rings is 1. The maximum atomic E-state index is 12.7. The molecule has 130 valence electrons. The molecular formula is C18H21N5O2. The molecule has 0 bridgehead atoms. The summed E-state index contributed by atoms with van der Waals surface area (Å²) in [6.45, 7) is 1.82. The Morgan fingerprint density at radius 2 is 1.72 bits per heavy atom. The fourth-order valence-electron chi connectivity index (χ4n) is 3.91. The van der Waals surface area contributed by atoms with E-state index in [9.17, 15) is 9.59 Å². The molecule has 7 heteroatoms. The lowest BCUT2D eigenvalue weighted by molar-refractivity contribution is -0.142. The molecule has 0 spiro atoms. The zero-order valence-corrected chi connectivity index (χ0v) is 14.1. The smallest absolute Gasteiger partial charge is 0.233 e. The first-order valence-electron chi connectivity index (χ1n) is 8.71. The number of carbonyl (C=O) groups excluding carboxylic acids is 2. The lowest BCUT2D eigenvalue weighted by atomic mass is 9.81. The number of H-pyrrole nitrogens is 1. The number of anilines is 1. The topological polar surface area (TPSA) is 105 Å². The predicted molar refractivity (Wildman–Crippen MR) is 91.9 cm³/mol. The summed E-state index contributed by atoms with van der Waals surface area (Å²) < 4.78 is 0. The summed E-state index contributed by atoms with van der Waals surface area (Å²) in [6, 6.07) is 6.81. The van der Waals surface area contributed by atoms with Crippen molar-refractivity contribution in [2.45, 2.75) is 38.6 Å². The van der Waals surface area contributed by atoms with Crippen LogP contribution in [0.5, 0.6) is 0 Å². The fraction of sp³-hybridized carbons (Fsp3) is 0.444. The molecule has 0 radical (unpaired) electrons. The van der Waals surface area contributed by atoms with E-state index in [1.807, 2.05) is 19.1 Å². The summed E-state index contributed by atoms with van der Waals surface area (Å²) in [5.74, 6) is 0.622. The van der Waals surface area contributed by atoms with Crippen LogP contribution in [0, 0.1) is 11.8 Å². The maximum absolute atomic E-state index is 12.7. The van der Waals surface area contributed by atoms with E-state index in [1.165, 1.54) is 4.90 Å². The monoisotopic (exact) mass is 339 g/mol. The van der Waals surface area contributed by atoms with Gasteiger partial charge < -0.3 is 5.73 Å². The number of nitrogens with two attached hydrogens (primary N) is 1. The van der Waals surface area contributed by atoms with E-state index >= 15 is 0 Å². The minimum absolute atomic E-state index is 0.0624. The van der Waals surface area contributed by atoms with Crippen LogP contribution < -0.4 is 5.73 Å². The third-order valence-corrected chi connectivity index (χ3v) is 5.33. The summed E-state index contributed by atoms with van der Waals surface area (Å²) in [5.41, 5.74) is 7.20. The van der Waals surface area contributed by atoms with E-state index in [4.69, 9.17) is 5.73 Å². The van der Waals surface area contributed by atoms with Crippen LogP contribution in [-0.4, -0.2) is 31.9 Å². The molecule has 2 heterocycles. The molecule has 1 aromatic heterocycles. The number of aromatic nitrogens is 3. The average Bonchev–Trinajstić information content (AvgIpc) is 3.20. The average molecular weight is 339 g/mol. The largest absolute Gasteiger partial charge is 0.399 e. The number of imide groups is 1. The zero-order chi connectivity index (χ0) is 17.6. The Morgan fingerprint density at radius 3 is 2.32 bits per heavy atom. The van der Waals surface area contributed by atoms with E-state index in [0.717, 1.165) is 31.2 Å². The summed E-state index contributed by atoms with van der Waals surface area (Å²) in [4.78, 5) is 31.3. The molecule has 2 aromatic rings. The molecule has 2 amide bonds. The van der Waals surface area contributed by atoms with Crippen molar-refractivity contribution >= 4 is 17.5 Å². The van der Waals surface area contributed by atoms with Gasteiger partial charge in [0, 0.05) is 11.3 Å². The third kappa shape index (κ3) is 2.59. The summed E-state index contributed by atoms with van der Waals surface area (Å²) in [6.07, 6.45) is 3.66. The first-order valence-corrected chi connectivity index (χ1v) is 8.71. The molecule has 3 N–H and O–H groups in total. The Bertz CT molecular complexity index is 789. The minimum atomic E-state index is -0.444. The van der Waals surface area contributed by atoms with Crippen LogP contribution in [0.2, 0.25) is 0 Å². The van der Waals surface area contributed by atoms with Crippen LogP contribution in [0.1, 0.15) is 44.5 Å². The number of rotatable bonds is 3. The number of fused-ring (bicyclic) bond motifs is 1. The number of nitrogens with zero attached hydrogens (tertiary/aromatic N) is 3. The standard InChI is InChI=1S/C18H21N5O2/c1-10(23-17(24)13-4-2-3-5-14(13)18(23)25)15-20-16(22-21-15)11-6-8-12(19)9-7-11/h6-10,13-14H,2-5,19H2,1H3,(H,20,21,22). The SMILES string of the molecule is CC(c1nc(-c2ccc(N)cc2)n[nH]1)N1C(=O)C2CCCCC2C1=O. The maximum Gasteiger partial charge on any atom is 0.233 e. The normalized spacial score (nSPS) is 24.4. The van der Waals surface area contributed by atoms with E-state index < -0.39 is 6.04 Å². The van der Waals surface area contributed by atoms with Gasteiger partial charge in [-0.25, -0.2) is 4.98 Å². The highest BCUT2D eigenvalue weighted by atomic mass is 16.2. The first-order chi connectivity index (χ1) is 12.1. The number of aromatic amines is 1. The molecule has 4 rings (SSSR count). The Kier molecular flexibility index (Phi) is 3.78. The van der Waals surface area contributed by atoms with Crippen molar-refractivity contribution in [3.05, 3.63) is 30.1 Å². The molecule has 2 aliphatic rings. The van der Waals surface area contributed by atoms with Gasteiger partial charge in [0.25, 0.3) is 0 Å². The lowest BCUT2D eigenvalue weighted by Gasteiger charge is -2.20. The minimum Gasteiger partial charge on any atom is -0.399 e. The second-order valence-electron chi connectivity index (χ2n) is 6.89. The molecule has 1 aromatic carbocycles. The van der Waals surface area contributed by atoms with Crippen LogP contribution in [0.15, 0.2) is 24.3 Å². The predicted octanol–water partition coefficient (Wildman–Crippen LogP) is 2.29. The van der Waals surface area contributed by atoms with Gasteiger partial charge in [-0.1, -0.05) is 12.8 Å². The van der Waals surface area contributed by atoms with Crippen molar-refractivity contribution in [2.24, 2.45) is 11.8 Å². The van der Waals surface area contributed by atoms with Crippen molar-refractivity contribution in [3.8, 4) is 11.4 Å². The second kappa shape index (κ2) is 5.98. The van der Waals surface area contributed by atoms with Crippen LogP contribution in [0.25, 0.3) is 11.4 Å². The number of nitrogen functional groups attached to an aromatic ring is 1. The highest BCUT2D eigenvalue weighted by Crippen LogP contribution is 2.41. The van der Waals surface area contributed by atoms with Crippen molar-refractivity contribution in [2.75, 3.05) is 5.73 Å². The van der Waals surface area contributed by atoms with Crippen molar-refractivity contribution < 1.29 is 9.59 Å². The van der Waals surface area contributed by atoms with Crippen molar-refractivity contribution in [1.82, 2.24) is 20.1 Å². The number of carbonyl (C=O) groups is 2. The number of amides is 2. The van der Waals surface area contributed by atoms with Gasteiger partial charge in [0.15, 0.2) is 5.82 Å². The molecule has 1 saturated carbocycles. The van der Waals surface area contributed by atoms with E-state index in [0.29, 0.717) is 17.3 Å². The van der Waals surface area contributed by atoms with Gasteiger partial charge in [0.05, 0.1) is 17.9 Å². The molecule has 1 aliphatic carbocycles. The third-order valence-electron chi connectivity index (χ3n) is 5.33. The van der Waals surface area contributed by atoms with E-state index in [1.54, 1.807) is 12.1 Å². The van der Waals surface area contributed by atoms with Crippen LogP contribution in [-0.2, 0) is 9.59 Å². The fourth-order valence-corrected chi connectivity index (χ4v) is 3.91. The summed E-state index contributed by atoms with van der Waals surface area (Å²) >= 11 is 0. The Balaban J connectivity index is 1.59. The van der Waals surface area contributed by atoms with Crippen LogP contribution in [0.3, 0.4) is 0 Å². The van der Waals surface area contributed by atoms with Gasteiger partial charge >= 0.3 is 0 Å². The highest BCUT2D eigenvalue weighted by Gasteiger charge is 2.50. The van der Waals surface area contributed by atoms with Crippen molar-refractivity contribution in [1.29, 1.82) is 0 Å². The number of hydrogen-bond donors (Lipinski definition) is 2. The van der Waals surface area contributed by atoms with Gasteiger partial charge in [-0.15, -0.1) is 0 Å². The molecule has 25 heavy (non-hydrogen) atoms. The molecule has 1 aliphatic heterocycles. The quantitative estimate of drug-likeness (QED) is 0.659. The van der Waals surface area contributed by atoms with Gasteiger partial charge in [0.1, 0.15) is 5.82 Å². The Morgan fingerprint density at radius 1 is 1.12 bits per heavy atom. The first kappa shape index (κ1) is 15.8. The summed E-state index contributed by atoms with van der Waals surface area (Å²) in [7, 11) is 0. The molecular weight excluding hydrogens is 318 g/mol. The van der Waals surface area contributed by atoms with Crippen LogP contribution in [0.4, 0.5) is 5.69 Å². The Hall–Kier alpha value is -2.70. The van der Waals surface area contributed by atoms with E-state index in [2.05, 4.69) is 15.2 Å². The summed E-state index contributed by atoms with van der Waals surface area (Å²) in [5, 5.41) is 7.10. The molecule has 7 nitrogen and oxygen atoms in total. The molecule has 3 unspecified atom stereocenters. The Labute approximate surface area is 145 Å².